The van der Waals surface area contributed by atoms with Crippen LogP contribution in [0.3, 0.4) is 0 Å². The predicted molar refractivity (Wildman–Crippen MR) is 84.6 cm³/mol. The third-order valence-electron chi connectivity index (χ3n) is 4.72. The van der Waals surface area contributed by atoms with Crippen molar-refractivity contribution in [3.63, 3.8) is 0 Å². The van der Waals surface area contributed by atoms with Crippen molar-refractivity contribution in [2.24, 2.45) is 5.92 Å². The average molecular weight is 335 g/mol. The number of nitro groups is 1. The maximum absolute atomic E-state index is 12.1. The molecule has 0 aromatic heterocycles. The Balaban J connectivity index is 1.55. The molecule has 1 saturated carbocycles. The highest BCUT2D eigenvalue weighted by Crippen LogP contribution is 2.42. The van der Waals surface area contributed by atoms with Crippen LogP contribution in [0.1, 0.15) is 42.5 Å². The summed E-state index contributed by atoms with van der Waals surface area (Å²) in [5, 5.41) is 10.8. The monoisotopic (exact) mass is 335 g/mol. The topological polar surface area (TPSA) is 87.9 Å². The van der Waals surface area contributed by atoms with E-state index in [9.17, 15) is 14.9 Å². The van der Waals surface area contributed by atoms with Crippen LogP contribution >= 0.6 is 0 Å². The summed E-state index contributed by atoms with van der Waals surface area (Å²) in [5.74, 6) is -0.834. The number of esters is 1. The molecule has 1 aromatic rings. The fourth-order valence-electron chi connectivity index (χ4n) is 3.52. The number of benzene rings is 1. The first kappa shape index (κ1) is 16.9. The van der Waals surface area contributed by atoms with E-state index in [0.29, 0.717) is 19.6 Å². The van der Waals surface area contributed by atoms with E-state index in [-0.39, 0.29) is 23.8 Å². The normalized spacial score (nSPS) is 22.4. The Morgan fingerprint density at radius 2 is 2.12 bits per heavy atom. The summed E-state index contributed by atoms with van der Waals surface area (Å²) < 4.78 is 17.0. The van der Waals surface area contributed by atoms with Gasteiger partial charge in [-0.15, -0.1) is 0 Å². The molecule has 3 rings (SSSR count). The van der Waals surface area contributed by atoms with Crippen LogP contribution in [0, 0.1) is 16.0 Å². The first-order valence-corrected chi connectivity index (χ1v) is 8.30. The van der Waals surface area contributed by atoms with E-state index in [2.05, 4.69) is 0 Å². The van der Waals surface area contributed by atoms with Crippen LogP contribution in [0.2, 0.25) is 0 Å². The third-order valence-corrected chi connectivity index (χ3v) is 4.72. The second-order valence-corrected chi connectivity index (χ2v) is 6.18. The van der Waals surface area contributed by atoms with Crippen molar-refractivity contribution in [1.82, 2.24) is 0 Å². The summed E-state index contributed by atoms with van der Waals surface area (Å²) in [6, 6.07) is 5.57. The van der Waals surface area contributed by atoms with Gasteiger partial charge in [0, 0.05) is 24.5 Å². The van der Waals surface area contributed by atoms with Gasteiger partial charge in [-0.1, -0.05) is 12.5 Å². The minimum absolute atomic E-state index is 0.122. The predicted octanol–water partition coefficient (Wildman–Crippen LogP) is 3.08. The molecule has 24 heavy (non-hydrogen) atoms. The van der Waals surface area contributed by atoms with Crippen molar-refractivity contribution in [3.8, 4) is 0 Å². The van der Waals surface area contributed by atoms with Gasteiger partial charge in [-0.2, -0.15) is 0 Å². The van der Waals surface area contributed by atoms with E-state index in [1.165, 1.54) is 24.3 Å². The number of hydrogen-bond donors (Lipinski definition) is 0. The van der Waals surface area contributed by atoms with Crippen molar-refractivity contribution < 1.29 is 23.9 Å². The standard InChI is InChI=1S/C17H21NO6/c19-16(13-4-3-6-15(12-13)18(20)21)22-9-7-14-5-1-2-8-17(14)23-10-11-24-17/h3-4,6,12,14H,1-2,5,7-11H2/t14-/m0/s1. The van der Waals surface area contributed by atoms with Crippen LogP contribution in [-0.2, 0) is 14.2 Å². The van der Waals surface area contributed by atoms with Gasteiger partial charge in [-0.05, 0) is 25.3 Å². The zero-order valence-corrected chi connectivity index (χ0v) is 13.4. The molecule has 2 aliphatic rings. The number of ether oxygens (including phenoxy) is 3. The lowest BCUT2D eigenvalue weighted by Gasteiger charge is -2.39. The molecule has 0 N–H and O–H groups in total. The van der Waals surface area contributed by atoms with E-state index in [1.54, 1.807) is 0 Å². The summed E-state index contributed by atoms with van der Waals surface area (Å²) in [4.78, 5) is 22.3. The first-order chi connectivity index (χ1) is 11.6. The molecule has 1 heterocycles. The van der Waals surface area contributed by atoms with E-state index in [1.807, 2.05) is 0 Å². The van der Waals surface area contributed by atoms with Crippen LogP contribution in [0.5, 0.6) is 0 Å². The lowest BCUT2D eigenvalue weighted by molar-refractivity contribution is -0.384. The van der Waals surface area contributed by atoms with Crippen molar-refractivity contribution in [1.29, 1.82) is 0 Å². The molecule has 0 amide bonds. The molecular weight excluding hydrogens is 314 g/mol. The second kappa shape index (κ2) is 7.27. The number of nitrogens with zero attached hydrogens (tertiary/aromatic N) is 1. The summed E-state index contributed by atoms with van der Waals surface area (Å²) >= 11 is 0. The minimum atomic E-state index is -0.545. The van der Waals surface area contributed by atoms with Gasteiger partial charge in [0.25, 0.3) is 5.69 Å². The molecule has 0 unspecified atom stereocenters. The summed E-state index contributed by atoms with van der Waals surface area (Å²) in [5.41, 5.74) is 0.0689. The maximum atomic E-state index is 12.1. The maximum Gasteiger partial charge on any atom is 0.338 e. The molecule has 1 spiro atoms. The number of rotatable bonds is 5. The number of carbonyl (C=O) groups is 1. The first-order valence-electron chi connectivity index (χ1n) is 8.30. The summed E-state index contributed by atoms with van der Waals surface area (Å²) in [6.45, 7) is 1.48. The molecule has 0 bridgehead atoms. The fourth-order valence-corrected chi connectivity index (χ4v) is 3.52. The fraction of sp³-hybridized carbons (Fsp3) is 0.588. The Morgan fingerprint density at radius 1 is 1.33 bits per heavy atom. The molecule has 1 atom stereocenters. The van der Waals surface area contributed by atoms with Gasteiger partial charge in [0.1, 0.15) is 0 Å². The van der Waals surface area contributed by atoms with E-state index >= 15 is 0 Å². The highest BCUT2D eigenvalue weighted by Gasteiger charge is 2.45. The largest absolute Gasteiger partial charge is 0.462 e. The zero-order valence-electron chi connectivity index (χ0n) is 13.4. The lowest BCUT2D eigenvalue weighted by Crippen LogP contribution is -2.42. The van der Waals surface area contributed by atoms with Crippen LogP contribution in [0.25, 0.3) is 0 Å². The number of hydrogen-bond acceptors (Lipinski definition) is 6. The number of nitro benzene ring substituents is 1. The molecule has 1 aromatic carbocycles. The number of carbonyl (C=O) groups excluding carboxylic acids is 1. The molecule has 7 heteroatoms. The molecule has 2 fully saturated rings. The molecule has 1 aliphatic carbocycles. The van der Waals surface area contributed by atoms with Gasteiger partial charge in [0.2, 0.25) is 0 Å². The Bertz CT molecular complexity index is 611. The van der Waals surface area contributed by atoms with Crippen LogP contribution < -0.4 is 0 Å². The minimum Gasteiger partial charge on any atom is -0.462 e. The van der Waals surface area contributed by atoms with Gasteiger partial charge in [0.05, 0.1) is 30.3 Å². The highest BCUT2D eigenvalue weighted by atomic mass is 16.7. The Labute approximate surface area is 140 Å². The summed E-state index contributed by atoms with van der Waals surface area (Å²) in [7, 11) is 0. The Kier molecular flexibility index (Phi) is 5.11. The molecule has 130 valence electrons. The third kappa shape index (κ3) is 3.57. The van der Waals surface area contributed by atoms with Crippen molar-refractivity contribution in [3.05, 3.63) is 39.9 Å². The van der Waals surface area contributed by atoms with Gasteiger partial charge < -0.3 is 14.2 Å². The van der Waals surface area contributed by atoms with Crippen molar-refractivity contribution in [2.75, 3.05) is 19.8 Å². The number of non-ortho nitro benzene ring substituents is 1. The molecular formula is C17H21NO6. The van der Waals surface area contributed by atoms with Gasteiger partial charge in [0.15, 0.2) is 5.79 Å². The van der Waals surface area contributed by atoms with Crippen molar-refractivity contribution >= 4 is 11.7 Å². The van der Waals surface area contributed by atoms with Gasteiger partial charge in [-0.3, -0.25) is 10.1 Å². The van der Waals surface area contributed by atoms with Gasteiger partial charge >= 0.3 is 5.97 Å². The van der Waals surface area contributed by atoms with Crippen LogP contribution in [-0.4, -0.2) is 36.5 Å². The Morgan fingerprint density at radius 3 is 2.88 bits per heavy atom. The van der Waals surface area contributed by atoms with E-state index in [0.717, 1.165) is 25.7 Å². The van der Waals surface area contributed by atoms with E-state index < -0.39 is 16.7 Å². The highest BCUT2D eigenvalue weighted by molar-refractivity contribution is 5.90. The second-order valence-electron chi connectivity index (χ2n) is 6.18. The molecule has 1 saturated heterocycles. The SMILES string of the molecule is O=C(OCC[C@@H]1CCCCC12OCCO2)c1cccc([N+](=O)[O-])c1. The van der Waals surface area contributed by atoms with Crippen LogP contribution in [0.4, 0.5) is 5.69 Å². The zero-order chi connectivity index (χ0) is 17.0. The van der Waals surface area contributed by atoms with Gasteiger partial charge in [-0.25, -0.2) is 4.79 Å². The Hall–Kier alpha value is -1.99. The van der Waals surface area contributed by atoms with Crippen molar-refractivity contribution in [2.45, 2.75) is 37.9 Å². The average Bonchev–Trinajstić information content (AvgIpc) is 3.05. The van der Waals surface area contributed by atoms with Crippen LogP contribution in [0.15, 0.2) is 24.3 Å². The molecule has 0 radical (unpaired) electrons. The summed E-state index contributed by atoms with van der Waals surface area (Å²) in [6.07, 6.45) is 4.76. The van der Waals surface area contributed by atoms with E-state index in [4.69, 9.17) is 14.2 Å². The molecule has 1 aliphatic heterocycles. The quantitative estimate of drug-likeness (QED) is 0.467. The lowest BCUT2D eigenvalue weighted by atomic mass is 9.81. The smallest absolute Gasteiger partial charge is 0.338 e. The molecule has 7 nitrogen and oxygen atoms in total.